The highest BCUT2D eigenvalue weighted by Gasteiger charge is 2.37. The zero-order chi connectivity index (χ0) is 20.0. The number of benzene rings is 2. The lowest BCUT2D eigenvalue weighted by Crippen LogP contribution is -2.36. The second kappa shape index (κ2) is 7.10. The van der Waals surface area contributed by atoms with E-state index in [1.807, 2.05) is 48.5 Å². The van der Waals surface area contributed by atoms with Crippen molar-refractivity contribution in [3.8, 4) is 10.9 Å². The highest BCUT2D eigenvalue weighted by atomic mass is 32.2. The summed E-state index contributed by atoms with van der Waals surface area (Å²) in [5, 5.41) is 5.87. The number of nitrogens with two attached hydrogens (primary N) is 1. The summed E-state index contributed by atoms with van der Waals surface area (Å²) in [5.74, 6) is 0.989. The molecule has 29 heavy (non-hydrogen) atoms. The molecule has 1 saturated heterocycles. The molecular formula is C20H20N4O3S2. The Hall–Kier alpha value is -2.46. The van der Waals surface area contributed by atoms with E-state index in [1.54, 1.807) is 0 Å². The van der Waals surface area contributed by atoms with Crippen LogP contribution in [0.1, 0.15) is 5.56 Å². The highest BCUT2D eigenvalue weighted by Crippen LogP contribution is 2.33. The van der Waals surface area contributed by atoms with E-state index in [0.717, 1.165) is 34.6 Å². The summed E-state index contributed by atoms with van der Waals surface area (Å²) in [5.41, 5.74) is 3.24. The maximum absolute atomic E-state index is 11.5. The Labute approximate surface area is 173 Å². The third-order valence-electron chi connectivity index (χ3n) is 5.26. The fourth-order valence-corrected chi connectivity index (χ4v) is 5.40. The molecular weight excluding hydrogens is 408 g/mol. The molecule has 0 amide bonds. The lowest BCUT2D eigenvalue weighted by molar-refractivity contribution is 0.343. The molecule has 1 unspecified atom stereocenters. The first-order chi connectivity index (χ1) is 13.9. The minimum atomic E-state index is -3.60. The van der Waals surface area contributed by atoms with Crippen LogP contribution in [0.4, 0.5) is 0 Å². The summed E-state index contributed by atoms with van der Waals surface area (Å²) in [6.07, 6.45) is 2.07. The van der Waals surface area contributed by atoms with E-state index in [9.17, 15) is 8.42 Å². The van der Waals surface area contributed by atoms with Crippen LogP contribution >= 0.6 is 11.3 Å². The van der Waals surface area contributed by atoms with Crippen molar-refractivity contribution in [2.24, 2.45) is 11.1 Å². The number of hydrogen-bond acceptors (Lipinski definition) is 6. The summed E-state index contributed by atoms with van der Waals surface area (Å²) < 4.78 is 31.3. The average Bonchev–Trinajstić information content (AvgIpc) is 3.35. The van der Waals surface area contributed by atoms with Gasteiger partial charge in [0.05, 0.1) is 10.2 Å². The molecule has 2 aliphatic heterocycles. The van der Waals surface area contributed by atoms with Gasteiger partial charge < -0.3 is 9.64 Å². The van der Waals surface area contributed by atoms with Crippen molar-refractivity contribution in [1.82, 2.24) is 14.2 Å². The van der Waals surface area contributed by atoms with Crippen LogP contribution in [0, 0.1) is 5.92 Å². The molecule has 1 aromatic heterocycles. The number of ether oxygens (including phenoxy) is 1. The van der Waals surface area contributed by atoms with Crippen molar-refractivity contribution in [3.63, 3.8) is 0 Å². The Morgan fingerprint density at radius 3 is 2.66 bits per heavy atom. The van der Waals surface area contributed by atoms with Gasteiger partial charge in [-0.05, 0) is 35.4 Å². The predicted octanol–water partition coefficient (Wildman–Crippen LogP) is 2.92. The highest BCUT2D eigenvalue weighted by molar-refractivity contribution is 7.86. The second-order valence-electron chi connectivity index (χ2n) is 7.36. The predicted molar refractivity (Wildman–Crippen MR) is 113 cm³/mol. The molecule has 2 aromatic carbocycles. The van der Waals surface area contributed by atoms with Crippen LogP contribution in [0.5, 0.6) is 10.9 Å². The Balaban J connectivity index is 1.22. The first-order valence-electron chi connectivity index (χ1n) is 9.29. The molecule has 3 heterocycles. The maximum atomic E-state index is 11.5. The molecule has 2 aliphatic rings. The molecule has 0 bridgehead atoms. The van der Waals surface area contributed by atoms with Crippen LogP contribution in [0.25, 0.3) is 10.2 Å². The van der Waals surface area contributed by atoms with Crippen LogP contribution in [0.3, 0.4) is 0 Å². The molecule has 0 spiro atoms. The van der Waals surface area contributed by atoms with Crippen LogP contribution in [0.2, 0.25) is 0 Å². The Bertz CT molecular complexity index is 1150. The third kappa shape index (κ3) is 3.86. The number of rotatable bonds is 5. The van der Waals surface area contributed by atoms with Gasteiger partial charge in [0.15, 0.2) is 0 Å². The van der Waals surface area contributed by atoms with E-state index in [-0.39, 0.29) is 5.92 Å². The van der Waals surface area contributed by atoms with Gasteiger partial charge in [0.2, 0.25) is 0 Å². The van der Waals surface area contributed by atoms with Gasteiger partial charge in [-0.2, -0.15) is 12.7 Å². The van der Waals surface area contributed by atoms with E-state index in [1.165, 1.54) is 21.2 Å². The lowest BCUT2D eigenvalue weighted by Gasteiger charge is -2.19. The van der Waals surface area contributed by atoms with Crippen LogP contribution in [-0.2, 0) is 16.8 Å². The molecule has 5 rings (SSSR count). The Kier molecular flexibility index (Phi) is 4.54. The Morgan fingerprint density at radius 2 is 1.93 bits per heavy atom. The van der Waals surface area contributed by atoms with Crippen molar-refractivity contribution >= 4 is 31.8 Å². The standard InChI is InChI=1S/C20H20N4O3S2/c21-29(25,26)24-12-15-10-23(11-16(15)13-24)9-14-5-7-17(8-6-14)27-20-22-18-3-1-2-4-19(18)28-20/h1-8,10,16H,9,11-13H2,(H2,21,25,26). The van der Waals surface area contributed by atoms with Crippen molar-refractivity contribution in [2.45, 2.75) is 6.54 Å². The van der Waals surface area contributed by atoms with E-state index in [4.69, 9.17) is 9.88 Å². The monoisotopic (exact) mass is 428 g/mol. The number of thiazole rings is 1. The summed E-state index contributed by atoms with van der Waals surface area (Å²) in [4.78, 5) is 6.72. The molecule has 7 nitrogen and oxygen atoms in total. The Morgan fingerprint density at radius 1 is 1.14 bits per heavy atom. The number of nitrogens with zero attached hydrogens (tertiary/aromatic N) is 3. The summed E-state index contributed by atoms with van der Waals surface area (Å²) in [6, 6.07) is 16.0. The summed E-state index contributed by atoms with van der Waals surface area (Å²) >= 11 is 1.53. The smallest absolute Gasteiger partial charge is 0.279 e. The van der Waals surface area contributed by atoms with Crippen molar-refractivity contribution < 1.29 is 13.2 Å². The number of hydrogen-bond donors (Lipinski definition) is 1. The van der Waals surface area contributed by atoms with E-state index >= 15 is 0 Å². The third-order valence-corrected chi connectivity index (χ3v) is 7.17. The topological polar surface area (TPSA) is 88.8 Å². The van der Waals surface area contributed by atoms with Crippen molar-refractivity contribution in [3.05, 3.63) is 65.9 Å². The fraction of sp³-hybridized carbons (Fsp3) is 0.250. The van der Waals surface area contributed by atoms with Gasteiger partial charge in [-0.3, -0.25) is 0 Å². The van der Waals surface area contributed by atoms with Gasteiger partial charge in [0.1, 0.15) is 5.75 Å². The molecule has 0 saturated carbocycles. The molecule has 0 radical (unpaired) electrons. The van der Waals surface area contributed by atoms with E-state index in [2.05, 4.69) is 16.1 Å². The van der Waals surface area contributed by atoms with Crippen molar-refractivity contribution in [1.29, 1.82) is 0 Å². The first-order valence-corrected chi connectivity index (χ1v) is 11.6. The zero-order valence-electron chi connectivity index (χ0n) is 15.6. The fourth-order valence-electron chi connectivity index (χ4n) is 3.85. The number of para-hydroxylation sites is 1. The van der Waals surface area contributed by atoms with Gasteiger partial charge in [0.25, 0.3) is 15.4 Å². The second-order valence-corrected chi connectivity index (χ2v) is 9.90. The SMILES string of the molecule is NS(=O)(=O)N1CC2=CN(Cc3ccc(Oc4nc5ccccc5s4)cc3)CC2C1. The van der Waals surface area contributed by atoms with Gasteiger partial charge in [-0.15, -0.1) is 0 Å². The molecule has 1 atom stereocenters. The quantitative estimate of drug-likeness (QED) is 0.675. The normalized spacial score (nSPS) is 19.6. The van der Waals surface area contributed by atoms with Crippen LogP contribution in [0.15, 0.2) is 60.3 Å². The minimum absolute atomic E-state index is 0.231. The molecule has 9 heteroatoms. The van der Waals surface area contributed by atoms with Gasteiger partial charge in [-0.1, -0.05) is 35.6 Å². The zero-order valence-corrected chi connectivity index (χ0v) is 17.2. The molecule has 1 fully saturated rings. The van der Waals surface area contributed by atoms with Crippen LogP contribution in [-0.4, -0.2) is 42.2 Å². The van der Waals surface area contributed by atoms with E-state index < -0.39 is 10.2 Å². The first kappa shape index (κ1) is 18.6. The van der Waals surface area contributed by atoms with Gasteiger partial charge >= 0.3 is 0 Å². The van der Waals surface area contributed by atoms with Crippen molar-refractivity contribution in [2.75, 3.05) is 19.6 Å². The van der Waals surface area contributed by atoms with Gasteiger partial charge in [0, 0.05) is 38.3 Å². The maximum Gasteiger partial charge on any atom is 0.279 e. The largest absolute Gasteiger partial charge is 0.431 e. The molecule has 0 aliphatic carbocycles. The minimum Gasteiger partial charge on any atom is -0.431 e. The van der Waals surface area contributed by atoms with Gasteiger partial charge in [-0.25, -0.2) is 10.1 Å². The average molecular weight is 429 g/mol. The number of fused-ring (bicyclic) bond motifs is 2. The summed E-state index contributed by atoms with van der Waals surface area (Å²) in [6.45, 7) is 2.45. The van der Waals surface area contributed by atoms with Crippen LogP contribution < -0.4 is 9.88 Å². The molecule has 2 N–H and O–H groups in total. The number of aromatic nitrogens is 1. The summed E-state index contributed by atoms with van der Waals surface area (Å²) in [7, 11) is -3.60. The lowest BCUT2D eigenvalue weighted by atomic mass is 10.1. The molecule has 3 aromatic rings. The molecule has 150 valence electrons. The van der Waals surface area contributed by atoms with E-state index in [0.29, 0.717) is 18.3 Å².